The van der Waals surface area contributed by atoms with Gasteiger partial charge < -0.3 is 29.6 Å². The normalized spacial score (nSPS) is 12.0. The van der Waals surface area contributed by atoms with E-state index >= 15 is 0 Å². The Bertz CT molecular complexity index is 351. The Hall–Kier alpha value is -1.22. The molecule has 0 aliphatic heterocycles. The molecule has 1 atom stereocenters. The zero-order chi connectivity index (χ0) is 18.8. The highest BCUT2D eigenvalue weighted by Crippen LogP contribution is 1.98. The standard InChI is InChI=1S/C17H34N2O6.2H2/c1-4-15(3)17(21)19-7-9-24-11-13-25-12-10-23-8-6-18-16(20)14-22-5-2;;/h15H,4-14H2,1-3H3,(H,18,20)(H,19,21);2*1H. The molecule has 0 saturated heterocycles. The van der Waals surface area contributed by atoms with Crippen LogP contribution >= 0.6 is 0 Å². The summed E-state index contributed by atoms with van der Waals surface area (Å²) >= 11 is 0. The van der Waals surface area contributed by atoms with E-state index in [1.165, 1.54) is 0 Å². The topological polar surface area (TPSA) is 95.1 Å². The molecule has 0 saturated carbocycles. The van der Waals surface area contributed by atoms with Crippen molar-refractivity contribution < 1.29 is 31.4 Å². The first-order valence-electron chi connectivity index (χ1n) is 8.97. The molecule has 0 spiro atoms. The largest absolute Gasteiger partial charge is 0.377 e. The van der Waals surface area contributed by atoms with Crippen LogP contribution in [0.5, 0.6) is 0 Å². The monoisotopic (exact) mass is 366 g/mol. The summed E-state index contributed by atoms with van der Waals surface area (Å²) in [6, 6.07) is 0. The SMILES string of the molecule is CCOCC(=O)NCCOCCOCCOCCNC(=O)C(C)CC.[HH].[HH]. The van der Waals surface area contributed by atoms with Crippen molar-refractivity contribution in [3.05, 3.63) is 0 Å². The molecule has 2 amide bonds. The van der Waals surface area contributed by atoms with Crippen LogP contribution in [0.15, 0.2) is 0 Å². The summed E-state index contributed by atoms with van der Waals surface area (Å²) in [5.41, 5.74) is 0. The van der Waals surface area contributed by atoms with Crippen LogP contribution < -0.4 is 10.6 Å². The maximum Gasteiger partial charge on any atom is 0.246 e. The first kappa shape index (κ1) is 23.8. The molecule has 152 valence electrons. The van der Waals surface area contributed by atoms with Crippen LogP contribution in [0.25, 0.3) is 0 Å². The predicted molar refractivity (Wildman–Crippen MR) is 98.7 cm³/mol. The number of ether oxygens (including phenoxy) is 4. The van der Waals surface area contributed by atoms with Gasteiger partial charge in [-0.2, -0.15) is 0 Å². The molecule has 0 aliphatic rings. The van der Waals surface area contributed by atoms with Gasteiger partial charge in [-0.05, 0) is 13.3 Å². The molecule has 25 heavy (non-hydrogen) atoms. The highest BCUT2D eigenvalue weighted by atomic mass is 16.5. The van der Waals surface area contributed by atoms with Crippen molar-refractivity contribution in [2.75, 3.05) is 65.9 Å². The number of carbonyl (C=O) groups is 2. The van der Waals surface area contributed by atoms with Gasteiger partial charge in [0.2, 0.25) is 11.8 Å². The Morgan fingerprint density at radius 2 is 1.36 bits per heavy atom. The summed E-state index contributed by atoms with van der Waals surface area (Å²) in [6.45, 7) is 10.1. The fourth-order valence-electron chi connectivity index (χ4n) is 1.66. The molecule has 8 nitrogen and oxygen atoms in total. The quantitative estimate of drug-likeness (QED) is 0.371. The lowest BCUT2D eigenvalue weighted by atomic mass is 10.1. The minimum Gasteiger partial charge on any atom is -0.377 e. The molecule has 0 aliphatic carbocycles. The van der Waals surface area contributed by atoms with Crippen molar-refractivity contribution in [2.45, 2.75) is 27.2 Å². The summed E-state index contributed by atoms with van der Waals surface area (Å²) in [7, 11) is 0. The lowest BCUT2D eigenvalue weighted by Gasteiger charge is -2.10. The molecule has 0 fully saturated rings. The smallest absolute Gasteiger partial charge is 0.246 e. The Morgan fingerprint density at radius 3 is 1.88 bits per heavy atom. The fourth-order valence-corrected chi connectivity index (χ4v) is 1.66. The Labute approximate surface area is 153 Å². The summed E-state index contributed by atoms with van der Waals surface area (Å²) in [5, 5.41) is 5.51. The van der Waals surface area contributed by atoms with Crippen LogP contribution in [0.2, 0.25) is 0 Å². The minimum atomic E-state index is -0.140. The van der Waals surface area contributed by atoms with Crippen LogP contribution in [0.4, 0.5) is 0 Å². The van der Waals surface area contributed by atoms with Gasteiger partial charge in [-0.25, -0.2) is 0 Å². The third-order valence-electron chi connectivity index (χ3n) is 3.36. The Kier molecular flexibility index (Phi) is 16.7. The maximum atomic E-state index is 11.5. The van der Waals surface area contributed by atoms with Gasteiger partial charge >= 0.3 is 0 Å². The van der Waals surface area contributed by atoms with Crippen molar-refractivity contribution >= 4 is 11.8 Å². The van der Waals surface area contributed by atoms with Gasteiger partial charge in [-0.1, -0.05) is 13.8 Å². The van der Waals surface area contributed by atoms with Gasteiger partial charge in [-0.15, -0.1) is 0 Å². The van der Waals surface area contributed by atoms with Gasteiger partial charge in [0.05, 0.1) is 39.6 Å². The number of hydrogen-bond donors (Lipinski definition) is 2. The minimum absolute atomic E-state index is 0. The molecule has 0 rings (SSSR count). The van der Waals surface area contributed by atoms with E-state index in [1.54, 1.807) is 0 Å². The van der Waals surface area contributed by atoms with E-state index in [-0.39, 0.29) is 27.2 Å². The van der Waals surface area contributed by atoms with Crippen molar-refractivity contribution in [1.82, 2.24) is 10.6 Å². The summed E-state index contributed by atoms with van der Waals surface area (Å²) < 4.78 is 21.0. The van der Waals surface area contributed by atoms with E-state index in [9.17, 15) is 9.59 Å². The van der Waals surface area contributed by atoms with Gasteiger partial charge in [-0.3, -0.25) is 9.59 Å². The van der Waals surface area contributed by atoms with Gasteiger partial charge in [0, 0.05) is 28.5 Å². The van der Waals surface area contributed by atoms with Crippen LogP contribution in [0.1, 0.15) is 30.0 Å². The third kappa shape index (κ3) is 16.0. The van der Waals surface area contributed by atoms with E-state index < -0.39 is 0 Å². The summed E-state index contributed by atoms with van der Waals surface area (Å²) in [6.07, 6.45) is 0.836. The van der Waals surface area contributed by atoms with E-state index in [0.717, 1.165) is 6.42 Å². The molecule has 0 aromatic carbocycles. The maximum absolute atomic E-state index is 11.5. The number of nitrogens with one attached hydrogen (secondary N) is 2. The molecule has 0 aromatic rings. The first-order valence-corrected chi connectivity index (χ1v) is 8.97. The third-order valence-corrected chi connectivity index (χ3v) is 3.36. The van der Waals surface area contributed by atoms with Gasteiger partial charge in [0.25, 0.3) is 0 Å². The molecule has 1 unspecified atom stereocenters. The van der Waals surface area contributed by atoms with Crippen molar-refractivity contribution in [1.29, 1.82) is 0 Å². The van der Waals surface area contributed by atoms with Crippen molar-refractivity contribution in [2.24, 2.45) is 5.92 Å². The zero-order valence-electron chi connectivity index (χ0n) is 15.8. The van der Waals surface area contributed by atoms with E-state index in [0.29, 0.717) is 59.3 Å². The molecule has 0 aromatic heterocycles. The van der Waals surface area contributed by atoms with Crippen LogP contribution in [0, 0.1) is 5.92 Å². The second-order valence-electron chi connectivity index (χ2n) is 5.42. The molecule has 8 heteroatoms. The van der Waals surface area contributed by atoms with E-state index in [2.05, 4.69) is 10.6 Å². The number of rotatable bonds is 17. The highest BCUT2D eigenvalue weighted by molar-refractivity contribution is 5.78. The van der Waals surface area contributed by atoms with Crippen molar-refractivity contribution in [3.8, 4) is 0 Å². The molecule has 0 bridgehead atoms. The highest BCUT2D eigenvalue weighted by Gasteiger charge is 2.08. The summed E-state index contributed by atoms with van der Waals surface area (Å²) in [4.78, 5) is 22.7. The number of carbonyl (C=O) groups excluding carboxylic acids is 2. The molecular formula is C17H38N2O6. The van der Waals surface area contributed by atoms with Crippen LogP contribution in [-0.4, -0.2) is 77.8 Å². The predicted octanol–water partition coefficient (Wildman–Crippen LogP) is 0.843. The number of amides is 2. The second-order valence-corrected chi connectivity index (χ2v) is 5.42. The second kappa shape index (κ2) is 17.6. The van der Waals surface area contributed by atoms with Gasteiger partial charge in [0.15, 0.2) is 0 Å². The van der Waals surface area contributed by atoms with Crippen molar-refractivity contribution in [3.63, 3.8) is 0 Å². The lowest BCUT2D eigenvalue weighted by molar-refractivity contribution is -0.126. The average Bonchev–Trinajstić information content (AvgIpc) is 2.62. The molecule has 0 radical (unpaired) electrons. The average molecular weight is 366 g/mol. The Morgan fingerprint density at radius 1 is 0.840 bits per heavy atom. The summed E-state index contributed by atoms with van der Waals surface area (Å²) in [5.74, 6) is -0.0332. The Balaban J connectivity index is -0.00000288. The fraction of sp³-hybridized carbons (Fsp3) is 0.882. The van der Waals surface area contributed by atoms with Gasteiger partial charge in [0.1, 0.15) is 6.61 Å². The molecule has 0 heterocycles. The van der Waals surface area contributed by atoms with E-state index in [4.69, 9.17) is 18.9 Å². The number of hydrogen-bond acceptors (Lipinski definition) is 6. The van der Waals surface area contributed by atoms with E-state index in [1.807, 2.05) is 20.8 Å². The first-order chi connectivity index (χ1) is 12.1. The van der Waals surface area contributed by atoms with Crippen LogP contribution in [-0.2, 0) is 28.5 Å². The van der Waals surface area contributed by atoms with Crippen LogP contribution in [0.3, 0.4) is 0 Å². The molecular weight excluding hydrogens is 328 g/mol. The zero-order valence-corrected chi connectivity index (χ0v) is 15.8. The lowest BCUT2D eigenvalue weighted by Crippen LogP contribution is -2.32. The molecule has 2 N–H and O–H groups in total.